The molecule has 80 valence electrons. The molecule has 1 aliphatic rings. The maximum Gasteiger partial charge on any atom is 0.133 e. The summed E-state index contributed by atoms with van der Waals surface area (Å²) in [4.78, 5) is 11.2. The Morgan fingerprint density at radius 3 is 2.71 bits per heavy atom. The Hall–Kier alpha value is -0.630. The second-order valence-corrected chi connectivity index (χ2v) is 4.86. The van der Waals surface area contributed by atoms with Crippen LogP contribution in [0.3, 0.4) is 0 Å². The van der Waals surface area contributed by atoms with Gasteiger partial charge < -0.3 is 5.11 Å². The number of carbonyl (C=O) groups excluding carboxylic acids is 1. The molecule has 1 N–H and O–H groups in total. The van der Waals surface area contributed by atoms with Gasteiger partial charge in [0.1, 0.15) is 5.78 Å². The van der Waals surface area contributed by atoms with Crippen LogP contribution < -0.4 is 0 Å². The molecule has 0 aromatic rings. The van der Waals surface area contributed by atoms with E-state index in [1.807, 2.05) is 0 Å². The molecule has 0 amide bonds. The fourth-order valence-electron chi connectivity index (χ4n) is 2.10. The van der Waals surface area contributed by atoms with Crippen LogP contribution in [-0.4, -0.2) is 17.5 Å². The normalized spacial score (nSPS) is 22.8. The third kappa shape index (κ3) is 2.44. The number of hydrogen-bond donors (Lipinski definition) is 1. The van der Waals surface area contributed by atoms with Crippen molar-refractivity contribution in [2.24, 2.45) is 11.3 Å². The molecule has 0 unspecified atom stereocenters. The highest BCUT2D eigenvalue weighted by Gasteiger charge is 2.32. The van der Waals surface area contributed by atoms with Crippen molar-refractivity contribution in [2.75, 3.05) is 6.61 Å². The van der Waals surface area contributed by atoms with Crippen molar-refractivity contribution in [2.45, 2.75) is 39.5 Å². The van der Waals surface area contributed by atoms with Gasteiger partial charge in [-0.25, -0.2) is 0 Å². The SMILES string of the molecule is C=C([C@H]1CCC(=O)C1)C(C)(C)CCO. The Morgan fingerprint density at radius 1 is 1.64 bits per heavy atom. The second kappa shape index (κ2) is 4.26. The van der Waals surface area contributed by atoms with Gasteiger partial charge in [0, 0.05) is 19.4 Å². The summed E-state index contributed by atoms with van der Waals surface area (Å²) < 4.78 is 0. The van der Waals surface area contributed by atoms with Gasteiger partial charge in [-0.3, -0.25) is 4.79 Å². The minimum Gasteiger partial charge on any atom is -0.396 e. The topological polar surface area (TPSA) is 37.3 Å². The smallest absolute Gasteiger partial charge is 0.133 e. The maximum absolute atomic E-state index is 11.2. The number of allylic oxidation sites excluding steroid dienone is 1. The van der Waals surface area contributed by atoms with E-state index in [4.69, 9.17) is 5.11 Å². The quantitative estimate of drug-likeness (QED) is 0.701. The van der Waals surface area contributed by atoms with E-state index >= 15 is 0 Å². The molecule has 0 aromatic carbocycles. The molecule has 1 rings (SSSR count). The van der Waals surface area contributed by atoms with Crippen LogP contribution in [0.25, 0.3) is 0 Å². The van der Waals surface area contributed by atoms with Crippen molar-refractivity contribution in [3.8, 4) is 0 Å². The number of ketones is 1. The van der Waals surface area contributed by atoms with Crippen LogP contribution in [0.15, 0.2) is 12.2 Å². The van der Waals surface area contributed by atoms with Crippen LogP contribution in [0.1, 0.15) is 39.5 Å². The first-order valence-electron chi connectivity index (χ1n) is 5.29. The van der Waals surface area contributed by atoms with Crippen molar-refractivity contribution >= 4 is 5.78 Å². The lowest BCUT2D eigenvalue weighted by Crippen LogP contribution is -2.20. The summed E-state index contributed by atoms with van der Waals surface area (Å²) in [6.07, 6.45) is 3.05. The maximum atomic E-state index is 11.2. The van der Waals surface area contributed by atoms with E-state index < -0.39 is 0 Å². The van der Waals surface area contributed by atoms with E-state index in [-0.39, 0.29) is 12.0 Å². The predicted molar refractivity (Wildman–Crippen MR) is 57.0 cm³/mol. The summed E-state index contributed by atoms with van der Waals surface area (Å²) in [5.41, 5.74) is 1.10. The molecule has 1 atom stereocenters. The summed E-state index contributed by atoms with van der Waals surface area (Å²) in [6.45, 7) is 8.47. The Labute approximate surface area is 86.0 Å². The van der Waals surface area contributed by atoms with Crippen LogP contribution >= 0.6 is 0 Å². The summed E-state index contributed by atoms with van der Waals surface area (Å²) in [7, 11) is 0. The molecular weight excluding hydrogens is 176 g/mol. The van der Waals surface area contributed by atoms with E-state index in [9.17, 15) is 4.79 Å². The summed E-state index contributed by atoms with van der Waals surface area (Å²) >= 11 is 0. The zero-order chi connectivity index (χ0) is 10.8. The van der Waals surface area contributed by atoms with Crippen molar-refractivity contribution < 1.29 is 9.90 Å². The molecule has 0 radical (unpaired) electrons. The Morgan fingerprint density at radius 2 is 2.29 bits per heavy atom. The molecule has 1 fully saturated rings. The lowest BCUT2D eigenvalue weighted by Gasteiger charge is -2.30. The average molecular weight is 196 g/mol. The number of rotatable bonds is 4. The van der Waals surface area contributed by atoms with Gasteiger partial charge in [0.05, 0.1) is 0 Å². The third-order valence-electron chi connectivity index (χ3n) is 3.34. The third-order valence-corrected chi connectivity index (χ3v) is 3.34. The van der Waals surface area contributed by atoms with Crippen LogP contribution in [-0.2, 0) is 4.79 Å². The van der Waals surface area contributed by atoms with Gasteiger partial charge in [-0.05, 0) is 24.2 Å². The molecule has 14 heavy (non-hydrogen) atoms. The highest BCUT2D eigenvalue weighted by molar-refractivity contribution is 5.81. The highest BCUT2D eigenvalue weighted by atomic mass is 16.3. The number of aliphatic hydroxyl groups excluding tert-OH is 1. The first kappa shape index (κ1) is 11.4. The number of Topliss-reactive ketones (excluding diaryl/α,β-unsaturated/α-hetero) is 1. The van der Waals surface area contributed by atoms with Gasteiger partial charge in [-0.1, -0.05) is 26.0 Å². The largest absolute Gasteiger partial charge is 0.396 e. The fraction of sp³-hybridized carbons (Fsp3) is 0.750. The molecule has 0 aliphatic heterocycles. The molecular formula is C12H20O2. The Bertz CT molecular complexity index is 241. The van der Waals surface area contributed by atoms with Crippen molar-refractivity contribution in [3.05, 3.63) is 12.2 Å². The molecule has 0 bridgehead atoms. The predicted octanol–water partition coefficient (Wildman–Crippen LogP) is 2.32. The van der Waals surface area contributed by atoms with E-state index in [0.717, 1.165) is 18.4 Å². The fourth-order valence-corrected chi connectivity index (χ4v) is 2.10. The van der Waals surface area contributed by atoms with Crippen LogP contribution in [0.2, 0.25) is 0 Å². The monoisotopic (exact) mass is 196 g/mol. The first-order valence-corrected chi connectivity index (χ1v) is 5.29. The van der Waals surface area contributed by atoms with Crippen molar-refractivity contribution in [3.63, 3.8) is 0 Å². The molecule has 1 aliphatic carbocycles. The second-order valence-electron chi connectivity index (χ2n) is 4.86. The number of hydrogen-bond acceptors (Lipinski definition) is 2. The molecule has 2 nitrogen and oxygen atoms in total. The standard InChI is InChI=1S/C12H20O2/c1-9(12(2,3)6-7-13)10-4-5-11(14)8-10/h10,13H,1,4-8H2,2-3H3/t10-/m0/s1. The van der Waals surface area contributed by atoms with Crippen molar-refractivity contribution in [1.29, 1.82) is 0 Å². The van der Waals surface area contributed by atoms with Gasteiger partial charge in [-0.15, -0.1) is 0 Å². The zero-order valence-corrected chi connectivity index (χ0v) is 9.18. The molecule has 2 heteroatoms. The van der Waals surface area contributed by atoms with Gasteiger partial charge >= 0.3 is 0 Å². The van der Waals surface area contributed by atoms with Gasteiger partial charge in [0.25, 0.3) is 0 Å². The van der Waals surface area contributed by atoms with Crippen LogP contribution in [0, 0.1) is 11.3 Å². The summed E-state index contributed by atoms with van der Waals surface area (Å²) in [5.74, 6) is 0.708. The summed E-state index contributed by atoms with van der Waals surface area (Å²) in [6, 6.07) is 0. The van der Waals surface area contributed by atoms with E-state index in [0.29, 0.717) is 24.5 Å². The number of carbonyl (C=O) groups is 1. The van der Waals surface area contributed by atoms with Gasteiger partial charge in [0.15, 0.2) is 0 Å². The minimum absolute atomic E-state index is 0.0377. The molecule has 0 saturated heterocycles. The zero-order valence-electron chi connectivity index (χ0n) is 9.18. The van der Waals surface area contributed by atoms with E-state index in [2.05, 4.69) is 20.4 Å². The number of aliphatic hydroxyl groups is 1. The van der Waals surface area contributed by atoms with E-state index in [1.54, 1.807) is 0 Å². The van der Waals surface area contributed by atoms with Gasteiger partial charge in [-0.2, -0.15) is 0 Å². The molecule has 1 saturated carbocycles. The highest BCUT2D eigenvalue weighted by Crippen LogP contribution is 2.40. The van der Waals surface area contributed by atoms with Gasteiger partial charge in [0.2, 0.25) is 0 Å². The minimum atomic E-state index is -0.0377. The van der Waals surface area contributed by atoms with Crippen LogP contribution in [0.5, 0.6) is 0 Å². The average Bonchev–Trinajstić information content (AvgIpc) is 2.50. The lowest BCUT2D eigenvalue weighted by atomic mass is 9.75. The Balaban J connectivity index is 2.60. The van der Waals surface area contributed by atoms with E-state index in [1.165, 1.54) is 0 Å². The molecule has 0 heterocycles. The lowest BCUT2D eigenvalue weighted by molar-refractivity contribution is -0.117. The Kier molecular flexibility index (Phi) is 3.48. The summed E-state index contributed by atoms with van der Waals surface area (Å²) in [5, 5.41) is 8.94. The first-order chi connectivity index (χ1) is 6.47. The van der Waals surface area contributed by atoms with Crippen LogP contribution in [0.4, 0.5) is 0 Å². The molecule has 0 spiro atoms. The molecule has 0 aromatic heterocycles. The van der Waals surface area contributed by atoms with Crippen molar-refractivity contribution in [1.82, 2.24) is 0 Å².